The zero-order valence-corrected chi connectivity index (χ0v) is 26.2. The van der Waals surface area contributed by atoms with Crippen LogP contribution in [0.2, 0.25) is 5.02 Å². The Labute approximate surface area is 256 Å². The van der Waals surface area contributed by atoms with Gasteiger partial charge >= 0.3 is 5.97 Å². The third-order valence-electron chi connectivity index (χ3n) is 6.76. The van der Waals surface area contributed by atoms with Crippen LogP contribution in [0.15, 0.2) is 58.4 Å². The number of hydrogen-bond donors (Lipinski definition) is 0. The molecule has 0 radical (unpaired) electrons. The van der Waals surface area contributed by atoms with Gasteiger partial charge in [-0.1, -0.05) is 37.6 Å². The second kappa shape index (κ2) is 13.7. The highest BCUT2D eigenvalue weighted by Crippen LogP contribution is 2.37. The van der Waals surface area contributed by atoms with Crippen molar-refractivity contribution in [2.45, 2.75) is 53.6 Å². The van der Waals surface area contributed by atoms with E-state index >= 15 is 0 Å². The first-order valence-electron chi connectivity index (χ1n) is 14.1. The zero-order valence-electron chi connectivity index (χ0n) is 25.4. The number of rotatable bonds is 11. The fourth-order valence-corrected chi connectivity index (χ4v) is 4.88. The Bertz CT molecular complexity index is 1730. The summed E-state index contributed by atoms with van der Waals surface area (Å²) in [6.07, 6.45) is 0.602. The lowest BCUT2D eigenvalue weighted by atomic mass is 9.96. The Morgan fingerprint density at radius 2 is 1.81 bits per heavy atom. The molecule has 4 rings (SSSR count). The molecule has 10 heteroatoms. The van der Waals surface area contributed by atoms with Crippen LogP contribution in [-0.4, -0.2) is 48.3 Å². The van der Waals surface area contributed by atoms with Gasteiger partial charge in [0.15, 0.2) is 23.4 Å². The van der Waals surface area contributed by atoms with Crippen LogP contribution in [0.25, 0.3) is 22.3 Å². The molecule has 0 bridgehead atoms. The summed E-state index contributed by atoms with van der Waals surface area (Å²) in [6, 6.07) is 14.4. The van der Waals surface area contributed by atoms with Gasteiger partial charge in [0.2, 0.25) is 0 Å². The highest BCUT2D eigenvalue weighted by Gasteiger charge is 2.22. The van der Waals surface area contributed by atoms with E-state index in [1.807, 2.05) is 38.1 Å². The summed E-state index contributed by atoms with van der Waals surface area (Å²) in [4.78, 5) is 30.8. The maximum absolute atomic E-state index is 13.8. The van der Waals surface area contributed by atoms with Crippen LogP contribution < -0.4 is 19.8 Å². The van der Waals surface area contributed by atoms with Crippen molar-refractivity contribution in [1.29, 1.82) is 0 Å². The lowest BCUT2D eigenvalue weighted by Crippen LogP contribution is -2.26. The van der Waals surface area contributed by atoms with Crippen LogP contribution >= 0.6 is 11.6 Å². The van der Waals surface area contributed by atoms with Crippen molar-refractivity contribution in [2.24, 2.45) is 5.10 Å². The van der Waals surface area contributed by atoms with Crippen molar-refractivity contribution in [2.75, 3.05) is 20.3 Å². The van der Waals surface area contributed by atoms with Gasteiger partial charge in [-0.05, 0) is 86.7 Å². The maximum atomic E-state index is 13.8. The van der Waals surface area contributed by atoms with Crippen LogP contribution in [0, 0.1) is 6.92 Å². The molecular formula is C33H36ClN3O6. The van der Waals surface area contributed by atoms with Crippen molar-refractivity contribution in [3.05, 3.63) is 80.6 Å². The van der Waals surface area contributed by atoms with Crippen molar-refractivity contribution in [3.8, 4) is 28.6 Å². The molecule has 9 nitrogen and oxygen atoms in total. The van der Waals surface area contributed by atoms with Gasteiger partial charge in [-0.15, -0.1) is 0 Å². The Kier molecular flexibility index (Phi) is 10.1. The topological polar surface area (TPSA) is 101 Å². The Balaban J connectivity index is 1.85. The van der Waals surface area contributed by atoms with E-state index in [-0.39, 0.29) is 28.9 Å². The average molecular weight is 606 g/mol. The molecule has 0 unspecified atom stereocenters. The van der Waals surface area contributed by atoms with E-state index in [4.69, 9.17) is 35.5 Å². The fourth-order valence-electron chi connectivity index (χ4n) is 4.61. The molecule has 0 saturated carbocycles. The molecule has 226 valence electrons. The Morgan fingerprint density at radius 3 is 2.49 bits per heavy atom. The molecule has 4 aromatic rings. The van der Waals surface area contributed by atoms with Gasteiger partial charge in [-0.2, -0.15) is 9.78 Å². The highest BCUT2D eigenvalue weighted by atomic mass is 35.5. The second-order valence-electron chi connectivity index (χ2n) is 10.2. The summed E-state index contributed by atoms with van der Waals surface area (Å²) >= 11 is 6.55. The summed E-state index contributed by atoms with van der Waals surface area (Å²) in [5.74, 6) is 1.33. The number of hydrogen-bond acceptors (Lipinski definition) is 8. The largest absolute Gasteiger partial charge is 0.494 e. The SMILES string of the molecule is CCOC(=O)[C@@H](C)Oc1c(Cl)cc(C=Nn2c(-c3cc(C(C)C)c(OCC)cc3C)nc3ccccc3c2=O)cc1OC. The number of fused-ring (bicyclic) bond motifs is 1. The smallest absolute Gasteiger partial charge is 0.347 e. The molecule has 0 N–H and O–H groups in total. The molecular weight excluding hydrogens is 570 g/mol. The Hall–Kier alpha value is -4.37. The summed E-state index contributed by atoms with van der Waals surface area (Å²) in [5.41, 5.74) is 3.44. The number of ether oxygens (including phenoxy) is 4. The molecule has 0 aliphatic rings. The second-order valence-corrected chi connectivity index (χ2v) is 10.6. The van der Waals surface area contributed by atoms with Crippen LogP contribution in [-0.2, 0) is 9.53 Å². The fraction of sp³-hybridized carbons (Fsp3) is 0.333. The first-order valence-corrected chi connectivity index (χ1v) is 14.5. The van der Waals surface area contributed by atoms with Gasteiger partial charge in [-0.25, -0.2) is 9.78 Å². The highest BCUT2D eigenvalue weighted by molar-refractivity contribution is 6.32. The van der Waals surface area contributed by atoms with E-state index in [9.17, 15) is 9.59 Å². The predicted octanol–water partition coefficient (Wildman–Crippen LogP) is 6.77. The molecule has 1 atom stereocenters. The molecule has 1 heterocycles. The van der Waals surface area contributed by atoms with Gasteiger partial charge in [0.1, 0.15) is 5.75 Å². The molecule has 0 aliphatic carbocycles. The van der Waals surface area contributed by atoms with E-state index < -0.39 is 12.1 Å². The minimum atomic E-state index is -0.899. The third kappa shape index (κ3) is 6.83. The minimum Gasteiger partial charge on any atom is -0.494 e. The van der Waals surface area contributed by atoms with Gasteiger partial charge in [0.05, 0.1) is 42.5 Å². The maximum Gasteiger partial charge on any atom is 0.347 e. The quantitative estimate of drug-likeness (QED) is 0.137. The van der Waals surface area contributed by atoms with Gasteiger partial charge in [0, 0.05) is 5.56 Å². The molecule has 0 aliphatic heterocycles. The number of para-hydroxylation sites is 1. The van der Waals surface area contributed by atoms with Crippen molar-refractivity contribution < 1.29 is 23.7 Å². The van der Waals surface area contributed by atoms with E-state index in [1.165, 1.54) is 18.0 Å². The molecule has 1 aromatic heterocycles. The number of halogens is 1. The standard InChI is InChI=1S/C33H36ClN3O6/c1-8-41-28-14-20(5)25(17-24(28)19(3)4)31-36-27-13-11-10-12-23(27)32(38)37(31)35-18-22-15-26(34)30(29(16-22)40-7)43-21(6)33(39)42-9-2/h10-19,21H,8-9H2,1-7H3/t21-/m1/s1. The van der Waals surface area contributed by atoms with Gasteiger partial charge in [0.25, 0.3) is 5.56 Å². The van der Waals surface area contributed by atoms with Crippen molar-refractivity contribution >= 4 is 34.7 Å². The number of esters is 1. The number of methoxy groups -OCH3 is 1. The summed E-state index contributed by atoms with van der Waals surface area (Å²) in [5, 5.41) is 5.23. The lowest BCUT2D eigenvalue weighted by Gasteiger charge is -2.18. The summed E-state index contributed by atoms with van der Waals surface area (Å²) < 4.78 is 23.5. The van der Waals surface area contributed by atoms with Crippen LogP contribution in [0.1, 0.15) is 57.2 Å². The molecule has 0 spiro atoms. The van der Waals surface area contributed by atoms with Crippen LogP contribution in [0.3, 0.4) is 0 Å². The number of benzene rings is 3. The first kappa shape index (κ1) is 31.6. The molecule has 0 amide bonds. The van der Waals surface area contributed by atoms with Crippen molar-refractivity contribution in [1.82, 2.24) is 9.66 Å². The summed E-state index contributed by atoms with van der Waals surface area (Å²) in [7, 11) is 1.46. The predicted molar refractivity (Wildman–Crippen MR) is 169 cm³/mol. The van der Waals surface area contributed by atoms with E-state index in [0.29, 0.717) is 34.6 Å². The molecule has 0 fully saturated rings. The number of aryl methyl sites for hydroxylation is 1. The number of aromatic nitrogens is 2. The van der Waals surface area contributed by atoms with Gasteiger partial charge < -0.3 is 18.9 Å². The molecule has 43 heavy (non-hydrogen) atoms. The van der Waals surface area contributed by atoms with E-state index in [0.717, 1.165) is 22.4 Å². The average Bonchev–Trinajstić information content (AvgIpc) is 2.98. The number of carbonyl (C=O) groups is 1. The molecule has 3 aromatic carbocycles. The minimum absolute atomic E-state index is 0.173. The summed E-state index contributed by atoms with van der Waals surface area (Å²) in [6.45, 7) is 12.1. The third-order valence-corrected chi connectivity index (χ3v) is 7.04. The number of carbonyl (C=O) groups excluding carboxylic acids is 1. The van der Waals surface area contributed by atoms with Gasteiger partial charge in [-0.3, -0.25) is 4.79 Å². The van der Waals surface area contributed by atoms with E-state index in [2.05, 4.69) is 18.9 Å². The number of nitrogens with zero attached hydrogens (tertiary/aromatic N) is 3. The monoisotopic (exact) mass is 605 g/mol. The normalized spacial score (nSPS) is 12.1. The first-order chi connectivity index (χ1) is 20.6. The zero-order chi connectivity index (χ0) is 31.3. The lowest BCUT2D eigenvalue weighted by molar-refractivity contribution is -0.150. The van der Waals surface area contributed by atoms with Crippen LogP contribution in [0.5, 0.6) is 17.2 Å². The van der Waals surface area contributed by atoms with Crippen LogP contribution in [0.4, 0.5) is 0 Å². The van der Waals surface area contributed by atoms with E-state index in [1.54, 1.807) is 38.1 Å². The Morgan fingerprint density at radius 1 is 1.07 bits per heavy atom. The molecule has 0 saturated heterocycles. The van der Waals surface area contributed by atoms with Crippen molar-refractivity contribution in [3.63, 3.8) is 0 Å².